The van der Waals surface area contributed by atoms with Crippen LogP contribution in [0, 0.1) is 0 Å². The Hall–Kier alpha value is -1.77. The number of hydrogen-bond acceptors (Lipinski definition) is 8. The van der Waals surface area contributed by atoms with Crippen LogP contribution < -0.4 is 5.73 Å². The summed E-state index contributed by atoms with van der Waals surface area (Å²) in [5.41, 5.74) is 5.32. The van der Waals surface area contributed by atoms with Crippen LogP contribution in [-0.2, 0) is 32.7 Å². The Morgan fingerprint density at radius 1 is 0.566 bits per heavy atom. The lowest BCUT2D eigenvalue weighted by molar-refractivity contribution is -0.161. The van der Waals surface area contributed by atoms with Gasteiger partial charge in [-0.3, -0.25) is 18.6 Å². The predicted molar refractivity (Wildman–Crippen MR) is 220 cm³/mol. The number of esters is 2. The first-order chi connectivity index (χ1) is 25.8. The first-order valence-electron chi connectivity index (χ1n) is 21.5. The van der Waals surface area contributed by atoms with Crippen molar-refractivity contribution in [2.45, 2.75) is 200 Å². The molecule has 0 bridgehead atoms. The average molecular weight is 770 g/mol. The Balaban J connectivity index is 3.89. The van der Waals surface area contributed by atoms with Crippen LogP contribution in [0.4, 0.5) is 0 Å². The van der Waals surface area contributed by atoms with E-state index in [-0.39, 0.29) is 32.6 Å². The number of unbranched alkanes of at least 4 members (excludes halogenated alkanes) is 21. The Labute approximate surface area is 324 Å². The van der Waals surface area contributed by atoms with Gasteiger partial charge in [-0.1, -0.05) is 166 Å². The molecule has 0 radical (unpaired) electrons. The highest BCUT2D eigenvalue weighted by atomic mass is 31.2. The Kier molecular flexibility index (Phi) is 38.6. The standard InChI is InChI=1S/C43H80NO8P/c1-3-5-7-9-10-11-12-13-14-15-16-17-18-19-20-21-22-23-24-25-26-27-28-29-30-32-34-36-43(46)52-41(40-51-53(47,48)50-38-37-44)39-49-42(45)35-33-31-8-6-4-2/h12-13,15-16,18-19,41H,3-11,14,17,20-40,44H2,1-2H3,(H,47,48)/b13-12-,16-15-,19-18-. The summed E-state index contributed by atoms with van der Waals surface area (Å²) in [6.07, 6.45) is 43.8. The van der Waals surface area contributed by atoms with E-state index in [1.807, 2.05) is 0 Å². The van der Waals surface area contributed by atoms with Crippen LogP contribution in [0.15, 0.2) is 36.5 Å². The van der Waals surface area contributed by atoms with Crippen molar-refractivity contribution in [3.63, 3.8) is 0 Å². The molecule has 0 saturated carbocycles. The zero-order valence-corrected chi connectivity index (χ0v) is 34.9. The lowest BCUT2D eigenvalue weighted by atomic mass is 10.0. The third kappa shape index (κ3) is 39.7. The van der Waals surface area contributed by atoms with Crippen molar-refractivity contribution < 1.29 is 37.6 Å². The van der Waals surface area contributed by atoms with Crippen molar-refractivity contribution in [1.29, 1.82) is 0 Å². The number of allylic oxidation sites excluding steroid dienone is 6. The van der Waals surface area contributed by atoms with Crippen molar-refractivity contribution in [2.75, 3.05) is 26.4 Å². The molecule has 10 heteroatoms. The third-order valence-electron chi connectivity index (χ3n) is 9.03. The lowest BCUT2D eigenvalue weighted by Gasteiger charge is -2.19. The molecule has 0 aliphatic carbocycles. The van der Waals surface area contributed by atoms with Gasteiger partial charge < -0.3 is 20.1 Å². The Morgan fingerprint density at radius 3 is 1.45 bits per heavy atom. The monoisotopic (exact) mass is 770 g/mol. The van der Waals surface area contributed by atoms with E-state index in [1.165, 1.54) is 96.3 Å². The highest BCUT2D eigenvalue weighted by Gasteiger charge is 2.26. The molecule has 53 heavy (non-hydrogen) atoms. The SMILES string of the molecule is CCCCCCC/C=C\C/C=C\C/C=C\CCCCCCCCCCCCCCC(=O)OC(COC(=O)CCCCCCC)COP(=O)(O)OCCN. The summed E-state index contributed by atoms with van der Waals surface area (Å²) in [4.78, 5) is 34.5. The number of nitrogens with two attached hydrogens (primary N) is 1. The van der Waals surface area contributed by atoms with Crippen molar-refractivity contribution in [1.82, 2.24) is 0 Å². The normalized spacial score (nSPS) is 13.7. The number of carbonyl (C=O) groups is 2. The fourth-order valence-electron chi connectivity index (χ4n) is 5.82. The van der Waals surface area contributed by atoms with Crippen LogP contribution in [-0.4, -0.2) is 49.3 Å². The molecule has 0 aliphatic heterocycles. The van der Waals surface area contributed by atoms with Gasteiger partial charge in [0.1, 0.15) is 6.61 Å². The molecule has 3 N–H and O–H groups in total. The van der Waals surface area contributed by atoms with E-state index in [4.69, 9.17) is 24.3 Å². The Bertz CT molecular complexity index is 970. The molecule has 0 rings (SSSR count). The zero-order chi connectivity index (χ0) is 38.9. The molecule has 2 unspecified atom stereocenters. The topological polar surface area (TPSA) is 134 Å². The summed E-state index contributed by atoms with van der Waals surface area (Å²) >= 11 is 0. The van der Waals surface area contributed by atoms with Gasteiger partial charge in [0.05, 0.1) is 13.2 Å². The summed E-state index contributed by atoms with van der Waals surface area (Å²) in [6.45, 7) is 3.62. The maximum atomic E-state index is 12.5. The Morgan fingerprint density at radius 2 is 0.981 bits per heavy atom. The van der Waals surface area contributed by atoms with Crippen molar-refractivity contribution >= 4 is 19.8 Å². The molecule has 9 nitrogen and oxygen atoms in total. The molecule has 0 aromatic carbocycles. The minimum atomic E-state index is -4.36. The molecule has 0 saturated heterocycles. The van der Waals surface area contributed by atoms with Crippen LogP contribution in [0.2, 0.25) is 0 Å². The fraction of sp³-hybridized carbons (Fsp3) is 0.814. The van der Waals surface area contributed by atoms with Crippen LogP contribution in [0.5, 0.6) is 0 Å². The lowest BCUT2D eigenvalue weighted by Crippen LogP contribution is -2.29. The highest BCUT2D eigenvalue weighted by Crippen LogP contribution is 2.43. The van der Waals surface area contributed by atoms with Gasteiger partial charge in [-0.15, -0.1) is 0 Å². The van der Waals surface area contributed by atoms with Gasteiger partial charge in [0.25, 0.3) is 0 Å². The van der Waals surface area contributed by atoms with Gasteiger partial charge in [0.15, 0.2) is 6.10 Å². The molecule has 0 aliphatic rings. The number of phosphoric ester groups is 1. The quantitative estimate of drug-likeness (QED) is 0.0270. The number of rotatable bonds is 40. The first kappa shape index (κ1) is 51.2. The summed E-state index contributed by atoms with van der Waals surface area (Å²) in [5.74, 6) is -0.843. The minimum Gasteiger partial charge on any atom is -0.462 e. The molecular formula is C43H80NO8P. The number of carbonyl (C=O) groups excluding carboxylic acids is 2. The molecule has 2 atom stereocenters. The van der Waals surface area contributed by atoms with Crippen molar-refractivity contribution in [2.24, 2.45) is 5.73 Å². The smallest absolute Gasteiger partial charge is 0.462 e. The van der Waals surface area contributed by atoms with Gasteiger partial charge in [0, 0.05) is 19.4 Å². The maximum Gasteiger partial charge on any atom is 0.472 e. The van der Waals surface area contributed by atoms with Crippen molar-refractivity contribution in [3.8, 4) is 0 Å². The molecule has 310 valence electrons. The summed E-state index contributed by atoms with van der Waals surface area (Å²) in [6, 6.07) is 0. The molecule has 0 spiro atoms. The number of ether oxygens (including phenoxy) is 2. The van der Waals surface area contributed by atoms with Crippen LogP contribution in [0.1, 0.15) is 194 Å². The average Bonchev–Trinajstić information content (AvgIpc) is 3.14. The second-order valence-electron chi connectivity index (χ2n) is 14.2. The fourth-order valence-corrected chi connectivity index (χ4v) is 6.58. The summed E-state index contributed by atoms with van der Waals surface area (Å²) in [7, 11) is -4.36. The maximum absolute atomic E-state index is 12.5. The van der Waals surface area contributed by atoms with Gasteiger partial charge in [-0.05, 0) is 51.4 Å². The third-order valence-corrected chi connectivity index (χ3v) is 10.0. The number of phosphoric acid groups is 1. The second kappa shape index (κ2) is 39.9. The minimum absolute atomic E-state index is 0.0533. The van der Waals surface area contributed by atoms with E-state index in [9.17, 15) is 19.0 Å². The van der Waals surface area contributed by atoms with Crippen LogP contribution >= 0.6 is 7.82 Å². The van der Waals surface area contributed by atoms with Crippen LogP contribution in [0.3, 0.4) is 0 Å². The van der Waals surface area contributed by atoms with Gasteiger partial charge in [0.2, 0.25) is 0 Å². The molecule has 0 aromatic heterocycles. The highest BCUT2D eigenvalue weighted by molar-refractivity contribution is 7.47. The van der Waals surface area contributed by atoms with Crippen LogP contribution in [0.25, 0.3) is 0 Å². The van der Waals surface area contributed by atoms with E-state index < -0.39 is 32.5 Å². The van der Waals surface area contributed by atoms with Gasteiger partial charge in [-0.25, -0.2) is 4.57 Å². The number of hydrogen-bond donors (Lipinski definition) is 2. The van der Waals surface area contributed by atoms with E-state index in [0.717, 1.165) is 64.2 Å². The molecule has 0 amide bonds. The second-order valence-corrected chi connectivity index (χ2v) is 15.7. The molecule has 0 aromatic rings. The summed E-state index contributed by atoms with van der Waals surface area (Å²) < 4.78 is 32.5. The predicted octanol–water partition coefficient (Wildman–Crippen LogP) is 12.2. The first-order valence-corrected chi connectivity index (χ1v) is 23.0. The zero-order valence-electron chi connectivity index (χ0n) is 34.0. The van der Waals surface area contributed by atoms with E-state index in [2.05, 4.69) is 50.3 Å². The van der Waals surface area contributed by atoms with E-state index in [0.29, 0.717) is 6.42 Å². The van der Waals surface area contributed by atoms with Gasteiger partial charge in [-0.2, -0.15) is 0 Å². The van der Waals surface area contributed by atoms with Gasteiger partial charge >= 0.3 is 19.8 Å². The summed E-state index contributed by atoms with van der Waals surface area (Å²) in [5, 5.41) is 0. The largest absolute Gasteiger partial charge is 0.472 e. The molecular weight excluding hydrogens is 689 g/mol. The van der Waals surface area contributed by atoms with E-state index in [1.54, 1.807) is 0 Å². The molecule has 0 heterocycles. The molecule has 0 fully saturated rings. The van der Waals surface area contributed by atoms with E-state index >= 15 is 0 Å². The van der Waals surface area contributed by atoms with Crippen molar-refractivity contribution in [3.05, 3.63) is 36.5 Å².